The van der Waals surface area contributed by atoms with Crippen molar-refractivity contribution in [1.82, 2.24) is 0 Å². The number of aromatic carboxylic acids is 1. The Morgan fingerprint density at radius 2 is 1.95 bits per heavy atom. The van der Waals surface area contributed by atoms with Gasteiger partial charge in [-0.15, -0.1) is 0 Å². The van der Waals surface area contributed by atoms with Gasteiger partial charge in [0.25, 0.3) is 0 Å². The molecule has 5 heteroatoms. The van der Waals surface area contributed by atoms with E-state index in [1.54, 1.807) is 0 Å². The largest absolute Gasteiger partial charge is 0.496 e. The summed E-state index contributed by atoms with van der Waals surface area (Å²) in [7, 11) is 1.44. The zero-order valence-corrected chi connectivity index (χ0v) is 10.7. The molecule has 0 aromatic heterocycles. The summed E-state index contributed by atoms with van der Waals surface area (Å²) >= 11 is 5.69. The Hall–Kier alpha value is -2.07. The van der Waals surface area contributed by atoms with E-state index in [1.165, 1.54) is 43.5 Å². The molecule has 0 aliphatic heterocycles. The second-order valence-electron chi connectivity index (χ2n) is 3.84. The number of carboxylic acids is 1. The van der Waals surface area contributed by atoms with Crippen molar-refractivity contribution < 1.29 is 19.0 Å². The van der Waals surface area contributed by atoms with Crippen LogP contribution in [-0.4, -0.2) is 18.2 Å². The zero-order chi connectivity index (χ0) is 14.0. The number of carboxylic acid groups (broad SMARTS) is 1. The normalized spacial score (nSPS) is 10.3. The molecule has 98 valence electrons. The van der Waals surface area contributed by atoms with Crippen molar-refractivity contribution in [2.24, 2.45) is 0 Å². The van der Waals surface area contributed by atoms with Gasteiger partial charge in [-0.3, -0.25) is 0 Å². The van der Waals surface area contributed by atoms with Crippen LogP contribution in [0.1, 0.15) is 10.4 Å². The fourth-order valence-electron chi connectivity index (χ4n) is 1.76. The van der Waals surface area contributed by atoms with E-state index < -0.39 is 11.8 Å². The van der Waals surface area contributed by atoms with Gasteiger partial charge in [-0.25, -0.2) is 9.18 Å². The van der Waals surface area contributed by atoms with Gasteiger partial charge >= 0.3 is 5.97 Å². The number of halogens is 2. The van der Waals surface area contributed by atoms with Gasteiger partial charge in [-0.2, -0.15) is 0 Å². The van der Waals surface area contributed by atoms with Crippen LogP contribution in [0.25, 0.3) is 11.1 Å². The minimum atomic E-state index is -1.08. The second kappa shape index (κ2) is 5.28. The molecule has 1 N–H and O–H groups in total. The molecule has 2 aromatic rings. The summed E-state index contributed by atoms with van der Waals surface area (Å²) in [4.78, 5) is 11.0. The number of methoxy groups -OCH3 is 1. The first kappa shape index (κ1) is 13.4. The fraction of sp³-hybridized carbons (Fsp3) is 0.0714. The lowest BCUT2D eigenvalue weighted by Gasteiger charge is -2.10. The molecule has 0 spiro atoms. The van der Waals surface area contributed by atoms with Gasteiger partial charge in [0.2, 0.25) is 0 Å². The predicted molar refractivity (Wildman–Crippen MR) is 70.4 cm³/mol. The van der Waals surface area contributed by atoms with E-state index >= 15 is 0 Å². The molecular formula is C14H10ClFO3. The topological polar surface area (TPSA) is 46.5 Å². The molecule has 0 atom stereocenters. The number of ether oxygens (including phenoxy) is 1. The summed E-state index contributed by atoms with van der Waals surface area (Å²) in [5, 5.41) is 9.25. The molecular weight excluding hydrogens is 271 g/mol. The van der Waals surface area contributed by atoms with Crippen LogP contribution in [0.5, 0.6) is 5.75 Å². The van der Waals surface area contributed by atoms with Crippen LogP contribution in [0.4, 0.5) is 4.39 Å². The number of rotatable bonds is 3. The average molecular weight is 281 g/mol. The van der Waals surface area contributed by atoms with E-state index in [1.807, 2.05) is 0 Å². The third-order valence-electron chi connectivity index (χ3n) is 2.67. The third-order valence-corrected chi connectivity index (χ3v) is 2.90. The van der Waals surface area contributed by atoms with E-state index in [9.17, 15) is 9.18 Å². The van der Waals surface area contributed by atoms with Gasteiger partial charge in [0.15, 0.2) is 0 Å². The average Bonchev–Trinajstić information content (AvgIpc) is 2.38. The van der Waals surface area contributed by atoms with Gasteiger partial charge in [-0.1, -0.05) is 11.6 Å². The zero-order valence-electron chi connectivity index (χ0n) is 9.98. The number of hydrogen-bond acceptors (Lipinski definition) is 2. The monoisotopic (exact) mass is 280 g/mol. The summed E-state index contributed by atoms with van der Waals surface area (Å²) in [5.41, 5.74) is 0.672. The molecule has 0 aliphatic carbocycles. The van der Waals surface area contributed by atoms with Gasteiger partial charge in [0.05, 0.1) is 12.7 Å². The van der Waals surface area contributed by atoms with Crippen molar-refractivity contribution in [3.05, 3.63) is 52.8 Å². The maximum absolute atomic E-state index is 13.9. The summed E-state index contributed by atoms with van der Waals surface area (Å²) in [6.45, 7) is 0. The minimum absolute atomic E-state index is 0.0603. The lowest BCUT2D eigenvalue weighted by molar-refractivity contribution is 0.0697. The van der Waals surface area contributed by atoms with Crippen LogP contribution < -0.4 is 4.74 Å². The molecule has 3 nitrogen and oxygen atoms in total. The Labute approximate surface area is 114 Å². The van der Waals surface area contributed by atoms with Gasteiger partial charge in [0, 0.05) is 16.1 Å². The van der Waals surface area contributed by atoms with Crippen molar-refractivity contribution in [3.8, 4) is 16.9 Å². The smallest absolute Gasteiger partial charge is 0.335 e. The maximum Gasteiger partial charge on any atom is 0.335 e. The quantitative estimate of drug-likeness (QED) is 0.929. The fourth-order valence-corrected chi connectivity index (χ4v) is 1.92. The molecule has 19 heavy (non-hydrogen) atoms. The number of hydrogen-bond donors (Lipinski definition) is 1. The molecule has 0 saturated heterocycles. The van der Waals surface area contributed by atoms with E-state index in [0.717, 1.165) is 0 Å². The molecule has 0 heterocycles. The van der Waals surface area contributed by atoms with Crippen LogP contribution >= 0.6 is 11.6 Å². The first-order chi connectivity index (χ1) is 9.02. The van der Waals surface area contributed by atoms with Gasteiger partial charge < -0.3 is 9.84 Å². The van der Waals surface area contributed by atoms with E-state index in [-0.39, 0.29) is 16.1 Å². The van der Waals surface area contributed by atoms with Gasteiger partial charge in [0.1, 0.15) is 11.6 Å². The molecule has 2 aromatic carbocycles. The van der Waals surface area contributed by atoms with E-state index in [2.05, 4.69) is 0 Å². The highest BCUT2D eigenvalue weighted by molar-refractivity contribution is 6.30. The van der Waals surface area contributed by atoms with Gasteiger partial charge in [-0.05, 0) is 36.4 Å². The molecule has 2 rings (SSSR count). The SMILES string of the molecule is COc1ccc(C(=O)O)cc1-c1ccc(Cl)cc1F. The van der Waals surface area contributed by atoms with Crippen LogP contribution in [0, 0.1) is 5.82 Å². The Bertz CT molecular complexity index is 641. The lowest BCUT2D eigenvalue weighted by Crippen LogP contribution is -1.98. The molecule has 0 amide bonds. The molecule has 0 fully saturated rings. The molecule has 0 bridgehead atoms. The standard InChI is InChI=1S/C14H10ClFO3/c1-19-13-5-2-8(14(17)18)6-11(13)10-4-3-9(15)7-12(10)16/h2-7H,1H3,(H,17,18). The Kier molecular flexibility index (Phi) is 3.71. The molecule has 0 unspecified atom stereocenters. The van der Waals surface area contributed by atoms with E-state index in [4.69, 9.17) is 21.4 Å². The lowest BCUT2D eigenvalue weighted by atomic mass is 10.0. The number of benzene rings is 2. The molecule has 0 aliphatic rings. The van der Waals surface area contributed by atoms with Crippen molar-refractivity contribution in [2.45, 2.75) is 0 Å². The summed E-state index contributed by atoms with van der Waals surface area (Å²) in [6, 6.07) is 8.45. The second-order valence-corrected chi connectivity index (χ2v) is 4.28. The Morgan fingerprint density at radius 1 is 1.21 bits per heavy atom. The Balaban J connectivity index is 2.64. The summed E-state index contributed by atoms with van der Waals surface area (Å²) in [5.74, 6) is -1.22. The first-order valence-electron chi connectivity index (χ1n) is 5.39. The van der Waals surface area contributed by atoms with Crippen molar-refractivity contribution >= 4 is 17.6 Å². The maximum atomic E-state index is 13.9. The van der Waals surface area contributed by atoms with E-state index in [0.29, 0.717) is 11.3 Å². The third kappa shape index (κ3) is 2.69. The van der Waals surface area contributed by atoms with Crippen molar-refractivity contribution in [3.63, 3.8) is 0 Å². The van der Waals surface area contributed by atoms with Crippen molar-refractivity contribution in [2.75, 3.05) is 7.11 Å². The molecule has 0 saturated carbocycles. The van der Waals surface area contributed by atoms with Crippen LogP contribution in [0.15, 0.2) is 36.4 Å². The highest BCUT2D eigenvalue weighted by Crippen LogP contribution is 2.33. The highest BCUT2D eigenvalue weighted by atomic mass is 35.5. The highest BCUT2D eigenvalue weighted by Gasteiger charge is 2.14. The van der Waals surface area contributed by atoms with Crippen molar-refractivity contribution in [1.29, 1.82) is 0 Å². The summed E-state index contributed by atoms with van der Waals surface area (Å²) in [6.07, 6.45) is 0. The van der Waals surface area contributed by atoms with Crippen LogP contribution in [-0.2, 0) is 0 Å². The minimum Gasteiger partial charge on any atom is -0.496 e. The summed E-state index contributed by atoms with van der Waals surface area (Å²) < 4.78 is 19.0. The molecule has 0 radical (unpaired) electrons. The predicted octanol–water partition coefficient (Wildman–Crippen LogP) is 3.85. The Morgan fingerprint density at radius 3 is 2.53 bits per heavy atom. The first-order valence-corrected chi connectivity index (χ1v) is 5.77. The van der Waals surface area contributed by atoms with Crippen LogP contribution in [0.3, 0.4) is 0 Å². The van der Waals surface area contributed by atoms with Crippen LogP contribution in [0.2, 0.25) is 5.02 Å². The number of carbonyl (C=O) groups is 1.